The second-order valence-corrected chi connectivity index (χ2v) is 9.04. The molecule has 0 bridgehead atoms. The zero-order chi connectivity index (χ0) is 12.6. The molecule has 0 saturated carbocycles. The topological polar surface area (TPSA) is 0 Å². The van der Waals surface area contributed by atoms with Crippen LogP contribution >= 0.6 is 0 Å². The Labute approximate surface area is 108 Å². The van der Waals surface area contributed by atoms with Gasteiger partial charge in [0.1, 0.15) is 0 Å². The molecule has 0 spiro atoms. The molecular weight excluding hydrogens is 207 g/mol. The second-order valence-electron chi connectivity index (χ2n) is 6.20. The maximum atomic E-state index is 2.62. The third-order valence-electron chi connectivity index (χ3n) is 3.19. The van der Waals surface area contributed by atoms with Gasteiger partial charge in [-0.25, -0.2) is 0 Å². The first-order valence-corrected chi connectivity index (χ1v) is 9.42. The summed E-state index contributed by atoms with van der Waals surface area (Å²) in [5.74, 6) is 2.62. The van der Waals surface area contributed by atoms with Crippen molar-refractivity contribution in [3.63, 3.8) is 0 Å². The third kappa shape index (κ3) is 9.50. The Balaban J connectivity index is 4.08. The summed E-state index contributed by atoms with van der Waals surface area (Å²) < 4.78 is 0. The zero-order valence-electron chi connectivity index (χ0n) is 12.3. The van der Waals surface area contributed by atoms with Crippen LogP contribution in [-0.2, 0) is 0 Å². The van der Waals surface area contributed by atoms with E-state index in [1.54, 1.807) is 0 Å². The number of rotatable bonds is 8. The van der Waals surface area contributed by atoms with Crippen LogP contribution in [0.1, 0.15) is 54.4 Å². The van der Waals surface area contributed by atoms with Gasteiger partial charge in [0.05, 0.1) is 0 Å². The van der Waals surface area contributed by atoms with E-state index >= 15 is 0 Å². The molecule has 0 aromatic rings. The molecule has 0 aliphatic rings. The largest absolute Gasteiger partial charge is 0.294 e. The molecule has 16 heavy (non-hydrogen) atoms. The van der Waals surface area contributed by atoms with Gasteiger partial charge >= 0.3 is 0 Å². The molecule has 0 radical (unpaired) electrons. The van der Waals surface area contributed by atoms with Gasteiger partial charge in [-0.2, -0.15) is 0 Å². The van der Waals surface area contributed by atoms with Gasteiger partial charge in [-0.3, -0.25) is 0 Å². The lowest BCUT2D eigenvalue weighted by Crippen LogP contribution is -2.15. The molecule has 1 atom stereocenters. The molecule has 0 amide bonds. The molecule has 94 valence electrons. The average Bonchev–Trinajstić information content (AvgIpc) is 2.15. The Morgan fingerprint density at radius 3 is 1.81 bits per heavy atom. The number of hydrogen-bond donors (Lipinski definition) is 0. The lowest BCUT2D eigenvalue weighted by molar-refractivity contribution is 0.572. The Kier molecular flexibility index (Phi) is 9.48. The first-order chi connectivity index (χ1) is 7.45. The summed E-state index contributed by atoms with van der Waals surface area (Å²) in [5, 5.41) is 2.96. The summed E-state index contributed by atoms with van der Waals surface area (Å²) in [4.78, 5) is 2.62. The minimum absolute atomic E-state index is 0.600. The van der Waals surface area contributed by atoms with Gasteiger partial charge < -0.3 is 0 Å². The van der Waals surface area contributed by atoms with Gasteiger partial charge in [0.15, 0.2) is 0 Å². The molecule has 1 heteroatoms. The molecule has 0 aromatic heterocycles. The summed E-state index contributed by atoms with van der Waals surface area (Å²) in [6, 6.07) is 0. The van der Waals surface area contributed by atoms with Crippen molar-refractivity contribution in [1.29, 1.82) is 0 Å². The van der Waals surface area contributed by atoms with Crippen LogP contribution in [0.5, 0.6) is 0 Å². The third-order valence-corrected chi connectivity index (χ3v) is 7.11. The number of allylic oxidation sites excluding steroid dienone is 1. The molecule has 0 aliphatic heterocycles. The molecular formula is C15H31Al. The van der Waals surface area contributed by atoms with Crippen molar-refractivity contribution < 1.29 is 0 Å². The minimum Gasteiger partial charge on any atom is -0.148 e. The van der Waals surface area contributed by atoms with E-state index < -0.39 is 14.1 Å². The first-order valence-electron chi connectivity index (χ1n) is 7.12. The summed E-state index contributed by atoms with van der Waals surface area (Å²) in [6.45, 7) is 14.1. The van der Waals surface area contributed by atoms with Crippen molar-refractivity contribution in [2.24, 2.45) is 17.8 Å². The highest BCUT2D eigenvalue weighted by molar-refractivity contribution is 6.64. The van der Waals surface area contributed by atoms with E-state index in [0.717, 1.165) is 17.8 Å². The fraction of sp³-hybridized carbons (Fsp3) is 0.867. The summed E-state index contributed by atoms with van der Waals surface area (Å²) in [5.41, 5.74) is 0. The van der Waals surface area contributed by atoms with E-state index in [2.05, 4.69) is 52.6 Å². The monoisotopic (exact) mass is 238 g/mol. The maximum absolute atomic E-state index is 2.62. The molecule has 0 N–H and O–H groups in total. The van der Waals surface area contributed by atoms with Crippen molar-refractivity contribution in [3.8, 4) is 0 Å². The summed E-state index contributed by atoms with van der Waals surface area (Å²) >= 11 is -0.600. The Hall–Kier alpha value is 0.272. The summed E-state index contributed by atoms with van der Waals surface area (Å²) in [7, 11) is 0. The van der Waals surface area contributed by atoms with Crippen LogP contribution < -0.4 is 0 Å². The van der Waals surface area contributed by atoms with E-state index in [4.69, 9.17) is 0 Å². The van der Waals surface area contributed by atoms with Crippen molar-refractivity contribution >= 4 is 14.1 Å². The highest BCUT2D eigenvalue weighted by Crippen LogP contribution is 2.16. The molecule has 0 nitrogen and oxygen atoms in total. The lowest BCUT2D eigenvalue weighted by atomic mass is 10.1. The average molecular weight is 238 g/mol. The standard InChI is InChI=1S/C7H13.2C4H9.Al/c1-4-6-7(3)5-2;2*1-4(2)3;/h1,4,7H,5-6H2,2-3H3;2*4H,1H2,2-3H3;. The Morgan fingerprint density at radius 2 is 1.44 bits per heavy atom. The SMILES string of the molecule is CCC(C)C/C=[CH]/[Al]([CH2]C(C)C)[CH2]C(C)C. The van der Waals surface area contributed by atoms with E-state index in [1.165, 1.54) is 23.4 Å². The van der Waals surface area contributed by atoms with Gasteiger partial charge in [0.25, 0.3) is 14.1 Å². The quantitative estimate of drug-likeness (QED) is 0.502. The summed E-state index contributed by atoms with van der Waals surface area (Å²) in [6.07, 6.45) is 5.08. The molecule has 0 saturated heterocycles. The molecule has 0 aliphatic carbocycles. The van der Waals surface area contributed by atoms with Crippen LogP contribution in [0.15, 0.2) is 11.0 Å². The zero-order valence-corrected chi connectivity index (χ0v) is 13.4. The van der Waals surface area contributed by atoms with Crippen molar-refractivity contribution in [1.82, 2.24) is 0 Å². The van der Waals surface area contributed by atoms with E-state index in [-0.39, 0.29) is 0 Å². The van der Waals surface area contributed by atoms with Crippen molar-refractivity contribution in [2.45, 2.75) is 64.9 Å². The minimum atomic E-state index is -0.600. The predicted octanol–water partition coefficient (Wildman–Crippen LogP) is 5.32. The fourth-order valence-electron chi connectivity index (χ4n) is 2.13. The van der Waals surface area contributed by atoms with Crippen molar-refractivity contribution in [3.05, 3.63) is 11.0 Å². The molecule has 0 rings (SSSR count). The highest BCUT2D eigenvalue weighted by Gasteiger charge is 2.16. The van der Waals surface area contributed by atoms with Crippen LogP contribution in [-0.4, -0.2) is 14.1 Å². The van der Waals surface area contributed by atoms with Crippen LogP contribution in [0, 0.1) is 17.8 Å². The van der Waals surface area contributed by atoms with Crippen LogP contribution in [0.25, 0.3) is 0 Å². The second kappa shape index (κ2) is 9.32. The van der Waals surface area contributed by atoms with Crippen LogP contribution in [0.4, 0.5) is 0 Å². The normalized spacial score (nSPS) is 14.0. The van der Waals surface area contributed by atoms with E-state index in [9.17, 15) is 0 Å². The predicted molar refractivity (Wildman–Crippen MR) is 78.3 cm³/mol. The van der Waals surface area contributed by atoms with Crippen LogP contribution in [0.2, 0.25) is 10.6 Å². The lowest BCUT2D eigenvalue weighted by Gasteiger charge is -2.13. The van der Waals surface area contributed by atoms with Gasteiger partial charge in [0, 0.05) is 0 Å². The van der Waals surface area contributed by atoms with Gasteiger partial charge in [0.2, 0.25) is 0 Å². The highest BCUT2D eigenvalue weighted by atomic mass is 27.2. The van der Waals surface area contributed by atoms with E-state index in [1.807, 2.05) is 0 Å². The van der Waals surface area contributed by atoms with E-state index in [0.29, 0.717) is 0 Å². The van der Waals surface area contributed by atoms with Gasteiger partial charge in [-0.05, 0) is 12.3 Å². The van der Waals surface area contributed by atoms with Crippen LogP contribution in [0.3, 0.4) is 0 Å². The molecule has 1 unspecified atom stereocenters. The number of hydrogen-bond acceptors (Lipinski definition) is 0. The van der Waals surface area contributed by atoms with Gasteiger partial charge in [-0.1, -0.05) is 70.4 Å². The Bertz CT molecular complexity index is 172. The molecule has 0 heterocycles. The van der Waals surface area contributed by atoms with Crippen molar-refractivity contribution in [2.75, 3.05) is 0 Å². The Morgan fingerprint density at radius 1 is 0.938 bits per heavy atom. The maximum Gasteiger partial charge on any atom is 0.294 e. The smallest absolute Gasteiger partial charge is 0.148 e. The molecule has 0 fully saturated rings. The molecule has 0 aromatic carbocycles. The van der Waals surface area contributed by atoms with Gasteiger partial charge in [-0.15, -0.1) is 11.0 Å². The first kappa shape index (κ1) is 16.3. The fourth-order valence-corrected chi connectivity index (χ4v) is 5.61.